The van der Waals surface area contributed by atoms with Gasteiger partial charge >= 0.3 is 0 Å². The molecule has 1 saturated carbocycles. The van der Waals surface area contributed by atoms with E-state index in [4.69, 9.17) is 0 Å². The Kier molecular flexibility index (Phi) is 2.31. The fraction of sp³-hybridized carbons (Fsp3) is 0.909. The Morgan fingerprint density at radius 1 is 1.31 bits per heavy atom. The van der Waals surface area contributed by atoms with Gasteiger partial charge in [-0.25, -0.2) is 0 Å². The molecule has 3 unspecified atom stereocenters. The van der Waals surface area contributed by atoms with E-state index in [2.05, 4.69) is 11.8 Å². The highest BCUT2D eigenvalue weighted by atomic mass is 16.2. The van der Waals surface area contributed by atoms with Crippen LogP contribution in [0.2, 0.25) is 0 Å². The molecule has 1 saturated heterocycles. The minimum absolute atomic E-state index is 0.279. The molecule has 0 radical (unpaired) electrons. The molecule has 0 spiro atoms. The average Bonchev–Trinajstić information content (AvgIpc) is 2.45. The van der Waals surface area contributed by atoms with E-state index in [1.54, 1.807) is 6.92 Å². The highest BCUT2D eigenvalue weighted by molar-refractivity contribution is 5.74. The summed E-state index contributed by atoms with van der Waals surface area (Å²) in [5.74, 6) is 1.81. The second-order valence-electron chi connectivity index (χ2n) is 4.66. The standard InChI is InChI=1S/C11H19NO/c1-8-7-12(9(2)13)11-6-4-3-5-10(8)11/h8,10-11H,3-7H2,1-2H3. The molecule has 2 heteroatoms. The maximum Gasteiger partial charge on any atom is 0.219 e. The molecular formula is C11H19NO. The molecule has 74 valence electrons. The van der Waals surface area contributed by atoms with Crippen molar-refractivity contribution in [2.45, 2.75) is 45.6 Å². The molecule has 0 N–H and O–H groups in total. The number of amides is 1. The molecule has 0 aromatic rings. The van der Waals surface area contributed by atoms with E-state index < -0.39 is 0 Å². The summed E-state index contributed by atoms with van der Waals surface area (Å²) in [4.78, 5) is 13.5. The maximum absolute atomic E-state index is 11.4. The van der Waals surface area contributed by atoms with Crippen LogP contribution < -0.4 is 0 Å². The van der Waals surface area contributed by atoms with Crippen LogP contribution in [0.4, 0.5) is 0 Å². The van der Waals surface area contributed by atoms with E-state index in [0.29, 0.717) is 6.04 Å². The van der Waals surface area contributed by atoms with Crippen molar-refractivity contribution in [3.63, 3.8) is 0 Å². The highest BCUT2D eigenvalue weighted by Crippen LogP contribution is 2.39. The third kappa shape index (κ3) is 1.47. The fourth-order valence-corrected chi connectivity index (χ4v) is 3.13. The number of hydrogen-bond donors (Lipinski definition) is 0. The number of nitrogens with zero attached hydrogens (tertiary/aromatic N) is 1. The van der Waals surface area contributed by atoms with Crippen molar-refractivity contribution in [2.75, 3.05) is 6.54 Å². The second-order valence-corrected chi connectivity index (χ2v) is 4.66. The Hall–Kier alpha value is -0.530. The highest BCUT2D eigenvalue weighted by Gasteiger charge is 2.41. The Morgan fingerprint density at radius 2 is 2.00 bits per heavy atom. The Labute approximate surface area is 80.3 Å². The molecule has 0 aromatic heterocycles. The predicted molar refractivity (Wildman–Crippen MR) is 52.3 cm³/mol. The quantitative estimate of drug-likeness (QED) is 0.560. The van der Waals surface area contributed by atoms with Gasteiger partial charge in [0.15, 0.2) is 0 Å². The van der Waals surface area contributed by atoms with Crippen molar-refractivity contribution in [2.24, 2.45) is 11.8 Å². The number of carbonyl (C=O) groups excluding carboxylic acids is 1. The zero-order chi connectivity index (χ0) is 9.42. The van der Waals surface area contributed by atoms with E-state index in [1.807, 2.05) is 0 Å². The first-order chi connectivity index (χ1) is 6.20. The van der Waals surface area contributed by atoms with E-state index in [9.17, 15) is 4.79 Å². The summed E-state index contributed by atoms with van der Waals surface area (Å²) >= 11 is 0. The van der Waals surface area contributed by atoms with Gasteiger partial charge in [-0.2, -0.15) is 0 Å². The minimum Gasteiger partial charge on any atom is -0.339 e. The van der Waals surface area contributed by atoms with Crippen LogP contribution in [0.1, 0.15) is 39.5 Å². The second kappa shape index (κ2) is 3.32. The molecule has 2 rings (SSSR count). The van der Waals surface area contributed by atoms with E-state index in [-0.39, 0.29) is 5.91 Å². The Balaban J connectivity index is 2.12. The fourth-order valence-electron chi connectivity index (χ4n) is 3.13. The number of hydrogen-bond acceptors (Lipinski definition) is 1. The normalized spacial score (nSPS) is 38.9. The van der Waals surface area contributed by atoms with Crippen LogP contribution in [0.5, 0.6) is 0 Å². The molecule has 2 nitrogen and oxygen atoms in total. The lowest BCUT2D eigenvalue weighted by Crippen LogP contribution is -2.37. The summed E-state index contributed by atoms with van der Waals surface area (Å²) < 4.78 is 0. The third-order valence-corrected chi connectivity index (χ3v) is 3.80. The van der Waals surface area contributed by atoms with Gasteiger partial charge in [0.05, 0.1) is 0 Å². The van der Waals surface area contributed by atoms with E-state index in [1.165, 1.54) is 25.7 Å². The molecule has 1 aliphatic heterocycles. The van der Waals surface area contributed by atoms with Gasteiger partial charge in [-0.3, -0.25) is 4.79 Å². The number of rotatable bonds is 0. The molecular weight excluding hydrogens is 162 g/mol. The van der Waals surface area contributed by atoms with Crippen molar-refractivity contribution < 1.29 is 4.79 Å². The smallest absolute Gasteiger partial charge is 0.219 e. The Morgan fingerprint density at radius 3 is 2.69 bits per heavy atom. The molecule has 1 amide bonds. The summed E-state index contributed by atoms with van der Waals surface area (Å²) in [5.41, 5.74) is 0. The number of carbonyl (C=O) groups is 1. The van der Waals surface area contributed by atoms with Gasteiger partial charge in [-0.1, -0.05) is 19.8 Å². The van der Waals surface area contributed by atoms with Crippen LogP contribution in [0.15, 0.2) is 0 Å². The van der Waals surface area contributed by atoms with Crippen LogP contribution in [0, 0.1) is 11.8 Å². The molecule has 3 atom stereocenters. The van der Waals surface area contributed by atoms with Gasteiger partial charge in [0.25, 0.3) is 0 Å². The molecule has 1 aliphatic carbocycles. The summed E-state index contributed by atoms with van der Waals surface area (Å²) in [6, 6.07) is 0.584. The van der Waals surface area contributed by atoms with Gasteiger partial charge in [-0.15, -0.1) is 0 Å². The summed E-state index contributed by atoms with van der Waals surface area (Å²) in [5, 5.41) is 0. The predicted octanol–water partition coefficient (Wildman–Crippen LogP) is 2.04. The largest absolute Gasteiger partial charge is 0.339 e. The molecule has 0 bridgehead atoms. The van der Waals surface area contributed by atoms with E-state index >= 15 is 0 Å². The average molecular weight is 181 g/mol. The topological polar surface area (TPSA) is 20.3 Å². The van der Waals surface area contributed by atoms with Crippen LogP contribution in [-0.2, 0) is 4.79 Å². The summed E-state index contributed by atoms with van der Waals surface area (Å²) in [7, 11) is 0. The molecule has 1 heterocycles. The zero-order valence-electron chi connectivity index (χ0n) is 8.62. The Bertz CT molecular complexity index is 214. The lowest BCUT2D eigenvalue weighted by Gasteiger charge is -2.31. The SMILES string of the molecule is CC(=O)N1CC(C)C2CCCCC21. The van der Waals surface area contributed by atoms with Gasteiger partial charge < -0.3 is 4.90 Å². The number of fused-ring (bicyclic) bond motifs is 1. The van der Waals surface area contributed by atoms with Crippen molar-refractivity contribution in [3.05, 3.63) is 0 Å². The van der Waals surface area contributed by atoms with Crippen LogP contribution in [-0.4, -0.2) is 23.4 Å². The first-order valence-electron chi connectivity index (χ1n) is 5.47. The number of likely N-dealkylation sites (tertiary alicyclic amines) is 1. The first kappa shape index (κ1) is 9.04. The van der Waals surface area contributed by atoms with Crippen molar-refractivity contribution in [1.82, 2.24) is 4.90 Å². The third-order valence-electron chi connectivity index (χ3n) is 3.80. The van der Waals surface area contributed by atoms with Crippen molar-refractivity contribution in [3.8, 4) is 0 Å². The van der Waals surface area contributed by atoms with Crippen LogP contribution in [0.3, 0.4) is 0 Å². The molecule has 2 fully saturated rings. The lowest BCUT2D eigenvalue weighted by molar-refractivity contribution is -0.130. The minimum atomic E-state index is 0.279. The van der Waals surface area contributed by atoms with E-state index in [0.717, 1.165) is 18.4 Å². The molecule has 0 aromatic carbocycles. The first-order valence-corrected chi connectivity index (χ1v) is 5.47. The van der Waals surface area contributed by atoms with Crippen molar-refractivity contribution >= 4 is 5.91 Å². The molecule has 2 aliphatic rings. The van der Waals surface area contributed by atoms with Crippen LogP contribution in [0.25, 0.3) is 0 Å². The maximum atomic E-state index is 11.4. The molecule has 13 heavy (non-hydrogen) atoms. The van der Waals surface area contributed by atoms with Gasteiger partial charge in [0, 0.05) is 19.5 Å². The monoisotopic (exact) mass is 181 g/mol. The van der Waals surface area contributed by atoms with Crippen LogP contribution >= 0.6 is 0 Å². The zero-order valence-corrected chi connectivity index (χ0v) is 8.62. The van der Waals surface area contributed by atoms with Gasteiger partial charge in [0.2, 0.25) is 5.91 Å². The summed E-state index contributed by atoms with van der Waals surface area (Å²) in [6.07, 6.45) is 5.28. The van der Waals surface area contributed by atoms with Crippen molar-refractivity contribution in [1.29, 1.82) is 0 Å². The summed E-state index contributed by atoms with van der Waals surface area (Å²) in [6.45, 7) is 5.01. The lowest BCUT2D eigenvalue weighted by atomic mass is 9.80. The van der Waals surface area contributed by atoms with Gasteiger partial charge in [-0.05, 0) is 24.7 Å². The van der Waals surface area contributed by atoms with Gasteiger partial charge in [0.1, 0.15) is 0 Å².